The largest absolute Gasteiger partial charge is 0.508 e. The maximum Gasteiger partial charge on any atom is 0.318 e. The third-order valence-corrected chi connectivity index (χ3v) is 6.78. The molecule has 2 aliphatic rings. The summed E-state index contributed by atoms with van der Waals surface area (Å²) < 4.78 is 42.0. The summed E-state index contributed by atoms with van der Waals surface area (Å²) in [5.74, 6) is 1.62. The van der Waals surface area contributed by atoms with Crippen LogP contribution in [-0.4, -0.2) is 47.5 Å². The molecule has 0 radical (unpaired) electrons. The first-order valence-electron chi connectivity index (χ1n) is 11.3. The highest BCUT2D eigenvalue weighted by Gasteiger charge is 2.35. The van der Waals surface area contributed by atoms with E-state index >= 15 is 4.39 Å². The van der Waals surface area contributed by atoms with Crippen LogP contribution in [0.4, 0.5) is 14.6 Å². The molecule has 6 rings (SSSR count). The number of ether oxygens (including phenoxy) is 2. The number of benzene rings is 3. The Hall–Kier alpha value is -3.96. The summed E-state index contributed by atoms with van der Waals surface area (Å²) in [5.41, 5.74) is 0.477. The first-order valence-corrected chi connectivity index (χ1v) is 11.3. The quantitative estimate of drug-likeness (QED) is 0.432. The number of nitrogens with zero attached hydrogens (tertiary/aromatic N) is 3. The van der Waals surface area contributed by atoms with E-state index in [0.29, 0.717) is 35.1 Å². The SMILES string of the molecule is C#Cc1c(F)ccc2cc(O)cc(-c3ccc4c(N5CC6CCC(C5)O6)nc(OC)nc4c3F)c12. The molecule has 3 heterocycles. The van der Waals surface area contributed by atoms with E-state index in [1.807, 2.05) is 0 Å². The minimum Gasteiger partial charge on any atom is -0.508 e. The summed E-state index contributed by atoms with van der Waals surface area (Å²) in [6.45, 7) is 1.30. The molecule has 2 atom stereocenters. The highest BCUT2D eigenvalue weighted by Crippen LogP contribution is 2.40. The third kappa shape index (κ3) is 3.43. The number of aromatic hydroxyl groups is 1. The van der Waals surface area contributed by atoms with Gasteiger partial charge >= 0.3 is 6.01 Å². The fourth-order valence-corrected chi connectivity index (χ4v) is 5.23. The normalized spacial score (nSPS) is 19.3. The number of methoxy groups -OCH3 is 1. The number of aromatic nitrogens is 2. The second kappa shape index (κ2) is 8.07. The topological polar surface area (TPSA) is 67.7 Å². The molecular formula is C27H21F2N3O3. The predicted octanol–water partition coefficient (Wildman–Crippen LogP) is 4.79. The summed E-state index contributed by atoms with van der Waals surface area (Å²) in [5, 5.41) is 11.7. The Morgan fingerprint density at radius 3 is 2.57 bits per heavy atom. The lowest BCUT2D eigenvalue weighted by Crippen LogP contribution is -2.43. The number of phenolic OH excluding ortho intramolecular Hbond substituents is 1. The van der Waals surface area contributed by atoms with Gasteiger partial charge in [0, 0.05) is 29.4 Å². The van der Waals surface area contributed by atoms with Gasteiger partial charge in [-0.05, 0) is 48.1 Å². The minimum absolute atomic E-state index is 0.00162. The lowest BCUT2D eigenvalue weighted by atomic mass is 9.93. The minimum atomic E-state index is -0.639. The van der Waals surface area contributed by atoms with Crippen LogP contribution in [0.5, 0.6) is 11.8 Å². The smallest absolute Gasteiger partial charge is 0.318 e. The molecule has 0 saturated carbocycles. The second-order valence-corrected chi connectivity index (χ2v) is 8.88. The van der Waals surface area contributed by atoms with Gasteiger partial charge in [-0.25, -0.2) is 8.78 Å². The number of terminal acetylenes is 1. The highest BCUT2D eigenvalue weighted by molar-refractivity contribution is 6.04. The molecule has 2 saturated heterocycles. The first kappa shape index (κ1) is 21.6. The Bertz CT molecular complexity index is 1540. The van der Waals surface area contributed by atoms with Crippen molar-refractivity contribution in [1.29, 1.82) is 0 Å². The molecule has 35 heavy (non-hydrogen) atoms. The summed E-state index contributed by atoms with van der Waals surface area (Å²) in [6.07, 6.45) is 7.80. The van der Waals surface area contributed by atoms with Crippen molar-refractivity contribution in [2.45, 2.75) is 25.0 Å². The second-order valence-electron chi connectivity index (χ2n) is 8.88. The van der Waals surface area contributed by atoms with Crippen LogP contribution in [0, 0.1) is 24.0 Å². The zero-order chi connectivity index (χ0) is 24.3. The molecule has 176 valence electrons. The van der Waals surface area contributed by atoms with Crippen molar-refractivity contribution in [2.75, 3.05) is 25.1 Å². The summed E-state index contributed by atoms with van der Waals surface area (Å²) in [7, 11) is 1.43. The number of hydrogen-bond donors (Lipinski definition) is 1. The molecule has 3 aromatic carbocycles. The molecule has 0 amide bonds. The van der Waals surface area contributed by atoms with Crippen molar-refractivity contribution in [2.24, 2.45) is 0 Å². The Balaban J connectivity index is 1.59. The van der Waals surface area contributed by atoms with Crippen LogP contribution < -0.4 is 9.64 Å². The van der Waals surface area contributed by atoms with Gasteiger partial charge in [-0.2, -0.15) is 9.97 Å². The van der Waals surface area contributed by atoms with Crippen molar-refractivity contribution < 1.29 is 23.4 Å². The van der Waals surface area contributed by atoms with Crippen molar-refractivity contribution in [3.05, 3.63) is 53.6 Å². The zero-order valence-electron chi connectivity index (χ0n) is 18.9. The van der Waals surface area contributed by atoms with Crippen molar-refractivity contribution in [3.8, 4) is 35.2 Å². The third-order valence-electron chi connectivity index (χ3n) is 6.78. The number of rotatable bonds is 3. The monoisotopic (exact) mass is 473 g/mol. The number of phenols is 1. The molecule has 4 aromatic rings. The van der Waals surface area contributed by atoms with Crippen molar-refractivity contribution in [3.63, 3.8) is 0 Å². The van der Waals surface area contributed by atoms with E-state index in [0.717, 1.165) is 12.8 Å². The molecule has 1 N–H and O–H groups in total. The Morgan fingerprint density at radius 1 is 1.09 bits per heavy atom. The number of halogens is 2. The van der Waals surface area contributed by atoms with Gasteiger partial charge in [-0.1, -0.05) is 18.1 Å². The van der Waals surface area contributed by atoms with E-state index < -0.39 is 11.6 Å². The highest BCUT2D eigenvalue weighted by atomic mass is 19.1. The van der Waals surface area contributed by atoms with E-state index in [9.17, 15) is 9.50 Å². The fourth-order valence-electron chi connectivity index (χ4n) is 5.23. The average Bonchev–Trinajstić information content (AvgIpc) is 3.20. The van der Waals surface area contributed by atoms with Gasteiger partial charge in [0.1, 0.15) is 22.9 Å². The van der Waals surface area contributed by atoms with Gasteiger partial charge in [0.25, 0.3) is 0 Å². The molecule has 2 bridgehead atoms. The number of fused-ring (bicyclic) bond motifs is 4. The van der Waals surface area contributed by atoms with Crippen LogP contribution in [0.2, 0.25) is 0 Å². The first-order chi connectivity index (χ1) is 17.0. The Kier molecular flexibility index (Phi) is 4.97. The molecular weight excluding hydrogens is 452 g/mol. The Morgan fingerprint density at radius 2 is 1.86 bits per heavy atom. The van der Waals surface area contributed by atoms with E-state index in [1.54, 1.807) is 12.1 Å². The molecule has 0 aliphatic carbocycles. The predicted molar refractivity (Wildman–Crippen MR) is 129 cm³/mol. The fraction of sp³-hybridized carbons (Fsp3) is 0.259. The van der Waals surface area contributed by atoms with E-state index in [4.69, 9.17) is 15.9 Å². The van der Waals surface area contributed by atoms with Crippen LogP contribution in [-0.2, 0) is 4.74 Å². The van der Waals surface area contributed by atoms with E-state index in [1.165, 1.54) is 31.4 Å². The van der Waals surface area contributed by atoms with Crippen LogP contribution in [0.3, 0.4) is 0 Å². The molecule has 6 nitrogen and oxygen atoms in total. The van der Waals surface area contributed by atoms with Gasteiger partial charge in [-0.15, -0.1) is 6.42 Å². The molecule has 0 spiro atoms. The maximum absolute atomic E-state index is 16.2. The molecule has 1 aromatic heterocycles. The molecule has 2 aliphatic heterocycles. The van der Waals surface area contributed by atoms with E-state index in [-0.39, 0.29) is 46.2 Å². The van der Waals surface area contributed by atoms with Crippen molar-refractivity contribution >= 4 is 27.5 Å². The number of anilines is 1. The molecule has 2 fully saturated rings. The van der Waals surface area contributed by atoms with Gasteiger partial charge in [0.15, 0.2) is 5.82 Å². The van der Waals surface area contributed by atoms with Crippen LogP contribution in [0.15, 0.2) is 36.4 Å². The van der Waals surface area contributed by atoms with Crippen LogP contribution in [0.1, 0.15) is 18.4 Å². The van der Waals surface area contributed by atoms with Gasteiger partial charge in [-0.3, -0.25) is 0 Å². The van der Waals surface area contributed by atoms with Gasteiger partial charge in [0.2, 0.25) is 0 Å². The molecule has 2 unspecified atom stereocenters. The number of morpholine rings is 1. The lowest BCUT2D eigenvalue weighted by Gasteiger charge is -2.33. The van der Waals surface area contributed by atoms with Gasteiger partial charge < -0.3 is 19.5 Å². The van der Waals surface area contributed by atoms with Crippen molar-refractivity contribution in [1.82, 2.24) is 9.97 Å². The van der Waals surface area contributed by atoms with Gasteiger partial charge in [0.05, 0.1) is 24.9 Å². The number of hydrogen-bond acceptors (Lipinski definition) is 6. The summed E-state index contributed by atoms with van der Waals surface area (Å²) in [6, 6.07) is 8.95. The lowest BCUT2D eigenvalue weighted by molar-refractivity contribution is 0.0303. The van der Waals surface area contributed by atoms with Crippen LogP contribution in [0.25, 0.3) is 32.8 Å². The van der Waals surface area contributed by atoms with E-state index in [2.05, 4.69) is 20.8 Å². The standard InChI is InChI=1S/C27H21F2N3O3/c1-3-18-22(28)9-4-14-10-15(33)11-21(23(14)18)19-7-8-20-25(24(19)29)30-27(34-2)31-26(20)32-12-16-5-6-17(13-32)35-16/h1,4,7-11,16-17,33H,5-6,12-13H2,2H3. The molecule has 8 heteroatoms. The zero-order valence-corrected chi connectivity index (χ0v) is 18.9. The maximum atomic E-state index is 16.2. The van der Waals surface area contributed by atoms with Crippen LogP contribution >= 0.6 is 0 Å². The Labute approximate surface area is 200 Å². The average molecular weight is 473 g/mol. The summed E-state index contributed by atoms with van der Waals surface area (Å²) >= 11 is 0. The summed E-state index contributed by atoms with van der Waals surface area (Å²) in [4.78, 5) is 10.9.